The molecule has 1 aliphatic heterocycles. The minimum absolute atomic E-state index is 0.104. The van der Waals surface area contributed by atoms with E-state index in [2.05, 4.69) is 0 Å². The molecule has 2 N–H and O–H groups in total. The van der Waals surface area contributed by atoms with Crippen molar-refractivity contribution in [2.24, 2.45) is 0 Å². The lowest BCUT2D eigenvalue weighted by Gasteiger charge is -2.25. The van der Waals surface area contributed by atoms with E-state index in [1.165, 1.54) is 24.1 Å². The van der Waals surface area contributed by atoms with E-state index in [1.54, 1.807) is 36.4 Å². The van der Waals surface area contributed by atoms with Crippen LogP contribution in [0.4, 0.5) is 0 Å². The molecule has 1 aliphatic rings. The molecule has 3 rings (SSSR count). The van der Waals surface area contributed by atoms with Crippen LogP contribution in [-0.2, 0) is 14.4 Å². The van der Waals surface area contributed by atoms with Crippen molar-refractivity contribution in [3.05, 3.63) is 70.3 Å². The summed E-state index contributed by atoms with van der Waals surface area (Å²) in [5.41, 5.74) is 0.767. The Kier molecular flexibility index (Phi) is 5.89. The number of hydrogen-bond donors (Lipinski definition) is 2. The number of carbonyl (C=O) groups is 3. The van der Waals surface area contributed by atoms with Crippen molar-refractivity contribution in [3.8, 4) is 5.75 Å². The van der Waals surface area contributed by atoms with E-state index < -0.39 is 23.7 Å². The van der Waals surface area contributed by atoms with Crippen molar-refractivity contribution < 1.29 is 29.3 Å². The number of hydrogen-bond acceptors (Lipinski definition) is 5. The van der Waals surface area contributed by atoms with E-state index in [0.717, 1.165) is 0 Å². The molecule has 1 atom stereocenters. The van der Waals surface area contributed by atoms with Crippen LogP contribution in [0.25, 0.3) is 5.76 Å². The van der Waals surface area contributed by atoms with Gasteiger partial charge in [-0.15, -0.1) is 0 Å². The van der Waals surface area contributed by atoms with Crippen molar-refractivity contribution in [3.63, 3.8) is 0 Å². The highest BCUT2D eigenvalue weighted by Gasteiger charge is 2.46. The third kappa shape index (κ3) is 4.09. The molecule has 2 aromatic carbocycles. The number of aliphatic carboxylic acids is 1. The van der Waals surface area contributed by atoms with E-state index in [4.69, 9.17) is 21.4 Å². The minimum atomic E-state index is -1.10. The first-order chi connectivity index (χ1) is 13.8. The molecular weight excluding hydrogens is 398 g/mol. The van der Waals surface area contributed by atoms with Crippen molar-refractivity contribution in [1.82, 2.24) is 4.90 Å². The van der Waals surface area contributed by atoms with Crippen LogP contribution in [0.15, 0.2) is 54.1 Å². The highest BCUT2D eigenvalue weighted by molar-refractivity contribution is 6.46. The Morgan fingerprint density at radius 2 is 1.69 bits per heavy atom. The Balaban J connectivity index is 2.13. The fourth-order valence-electron chi connectivity index (χ4n) is 3.22. The number of aliphatic hydroxyl groups excluding tert-OH is 1. The molecule has 0 bridgehead atoms. The fraction of sp³-hybridized carbons (Fsp3) is 0.190. The number of ether oxygens (including phenoxy) is 1. The number of amides is 1. The highest BCUT2D eigenvalue weighted by Crippen LogP contribution is 2.39. The smallest absolute Gasteiger partial charge is 0.305 e. The van der Waals surface area contributed by atoms with E-state index in [9.17, 15) is 19.5 Å². The van der Waals surface area contributed by atoms with Gasteiger partial charge in [-0.25, -0.2) is 0 Å². The number of likely N-dealkylation sites (tertiary alicyclic amines) is 1. The first-order valence-corrected chi connectivity index (χ1v) is 9.11. The van der Waals surface area contributed by atoms with Gasteiger partial charge in [-0.05, 0) is 42.0 Å². The molecule has 0 aromatic heterocycles. The number of nitrogens with zero attached hydrogens (tertiary/aromatic N) is 1. The van der Waals surface area contributed by atoms with Crippen molar-refractivity contribution >= 4 is 35.0 Å². The van der Waals surface area contributed by atoms with Gasteiger partial charge in [0, 0.05) is 17.1 Å². The number of ketones is 1. The van der Waals surface area contributed by atoms with Gasteiger partial charge in [0.15, 0.2) is 0 Å². The van der Waals surface area contributed by atoms with Crippen LogP contribution in [0.3, 0.4) is 0 Å². The maximum Gasteiger partial charge on any atom is 0.305 e. The lowest BCUT2D eigenvalue weighted by molar-refractivity contribution is -0.142. The highest BCUT2D eigenvalue weighted by atomic mass is 35.5. The van der Waals surface area contributed by atoms with E-state index in [0.29, 0.717) is 21.9 Å². The fourth-order valence-corrected chi connectivity index (χ4v) is 3.35. The number of rotatable bonds is 6. The predicted octanol–water partition coefficient (Wildman–Crippen LogP) is 3.25. The molecule has 0 saturated carbocycles. The molecule has 8 heteroatoms. The van der Waals surface area contributed by atoms with Crippen molar-refractivity contribution in [1.29, 1.82) is 0 Å². The molecule has 1 heterocycles. The quantitative estimate of drug-likeness (QED) is 0.426. The molecule has 0 spiro atoms. The molecule has 0 radical (unpaired) electrons. The summed E-state index contributed by atoms with van der Waals surface area (Å²) >= 11 is 5.88. The second kappa shape index (κ2) is 8.36. The number of carbonyl (C=O) groups excluding carboxylic acids is 2. The lowest BCUT2D eigenvalue weighted by atomic mass is 9.95. The number of carboxylic acids is 1. The molecule has 7 nitrogen and oxygen atoms in total. The summed E-state index contributed by atoms with van der Waals surface area (Å²) in [6.45, 7) is -0.173. The number of aliphatic hydroxyl groups is 1. The van der Waals surface area contributed by atoms with Crippen LogP contribution in [-0.4, -0.2) is 46.4 Å². The Morgan fingerprint density at radius 3 is 2.24 bits per heavy atom. The molecule has 1 saturated heterocycles. The Bertz CT molecular complexity index is 981. The summed E-state index contributed by atoms with van der Waals surface area (Å²) in [6.07, 6.45) is -0.333. The molecule has 0 aliphatic carbocycles. The third-order valence-corrected chi connectivity index (χ3v) is 4.91. The van der Waals surface area contributed by atoms with Gasteiger partial charge < -0.3 is 19.8 Å². The Hall–Kier alpha value is -3.32. The lowest BCUT2D eigenvalue weighted by Crippen LogP contribution is -2.31. The van der Waals surface area contributed by atoms with Gasteiger partial charge in [0.2, 0.25) is 0 Å². The first kappa shape index (κ1) is 20.4. The maximum absolute atomic E-state index is 12.7. The van der Waals surface area contributed by atoms with Crippen LogP contribution in [0.2, 0.25) is 5.02 Å². The van der Waals surface area contributed by atoms with Crippen LogP contribution in [0.1, 0.15) is 23.6 Å². The standard InChI is InChI=1S/C21H18ClNO6/c1-29-15-8-4-12(5-9-15)18-17(19(26)13-2-6-14(22)7-3-13)20(27)21(28)23(18)11-10-16(24)25/h2-9,18,26H,10-11H2,1H3,(H,24,25)/b19-17-. The maximum atomic E-state index is 12.7. The summed E-state index contributed by atoms with van der Waals surface area (Å²) in [5, 5.41) is 20.3. The van der Waals surface area contributed by atoms with Crippen LogP contribution < -0.4 is 4.74 Å². The summed E-state index contributed by atoms with van der Waals surface area (Å²) in [6, 6.07) is 11.9. The summed E-state index contributed by atoms with van der Waals surface area (Å²) in [4.78, 5) is 37.6. The average molecular weight is 416 g/mol. The van der Waals surface area contributed by atoms with Crippen LogP contribution >= 0.6 is 11.6 Å². The van der Waals surface area contributed by atoms with Crippen LogP contribution in [0, 0.1) is 0 Å². The largest absolute Gasteiger partial charge is 0.507 e. The zero-order chi connectivity index (χ0) is 21.1. The van der Waals surface area contributed by atoms with Crippen LogP contribution in [0.5, 0.6) is 5.75 Å². The molecule has 1 unspecified atom stereocenters. The van der Waals surface area contributed by atoms with Gasteiger partial charge in [0.05, 0.1) is 25.1 Å². The summed E-state index contributed by atoms with van der Waals surface area (Å²) in [7, 11) is 1.51. The average Bonchev–Trinajstić information content (AvgIpc) is 2.97. The predicted molar refractivity (Wildman–Crippen MR) is 106 cm³/mol. The van der Waals surface area contributed by atoms with Gasteiger partial charge in [-0.1, -0.05) is 23.7 Å². The normalized spacial score (nSPS) is 18.1. The molecular formula is C21H18ClNO6. The second-order valence-corrected chi connectivity index (χ2v) is 6.85. The van der Waals surface area contributed by atoms with E-state index in [-0.39, 0.29) is 24.3 Å². The molecule has 2 aromatic rings. The van der Waals surface area contributed by atoms with Gasteiger partial charge in [0.1, 0.15) is 11.5 Å². The van der Waals surface area contributed by atoms with Crippen molar-refractivity contribution in [2.45, 2.75) is 12.5 Å². The summed E-state index contributed by atoms with van der Waals surface area (Å²) in [5.74, 6) is -2.60. The molecule has 1 fully saturated rings. The number of Topliss-reactive ketones (excluding diaryl/α,β-unsaturated/α-hetero) is 1. The molecule has 1 amide bonds. The van der Waals surface area contributed by atoms with Gasteiger partial charge in [0.25, 0.3) is 11.7 Å². The molecule has 29 heavy (non-hydrogen) atoms. The monoisotopic (exact) mass is 415 g/mol. The number of methoxy groups -OCH3 is 1. The van der Waals surface area contributed by atoms with E-state index in [1.807, 2.05) is 0 Å². The van der Waals surface area contributed by atoms with Gasteiger partial charge >= 0.3 is 5.97 Å². The SMILES string of the molecule is COc1ccc(C2/C(=C(/O)c3ccc(Cl)cc3)C(=O)C(=O)N2CCC(=O)O)cc1. The third-order valence-electron chi connectivity index (χ3n) is 4.66. The zero-order valence-corrected chi connectivity index (χ0v) is 16.2. The van der Waals surface area contributed by atoms with E-state index >= 15 is 0 Å². The van der Waals surface area contributed by atoms with Crippen molar-refractivity contribution in [2.75, 3.05) is 13.7 Å². The second-order valence-electron chi connectivity index (χ2n) is 6.42. The van der Waals surface area contributed by atoms with Gasteiger partial charge in [-0.3, -0.25) is 14.4 Å². The number of benzene rings is 2. The zero-order valence-electron chi connectivity index (χ0n) is 15.5. The summed E-state index contributed by atoms with van der Waals surface area (Å²) < 4.78 is 5.14. The first-order valence-electron chi connectivity index (χ1n) is 8.73. The van der Waals surface area contributed by atoms with Gasteiger partial charge in [-0.2, -0.15) is 0 Å². The number of carboxylic acid groups (broad SMARTS) is 1. The molecule has 150 valence electrons. The Labute approximate surface area is 171 Å². The minimum Gasteiger partial charge on any atom is -0.507 e. The topological polar surface area (TPSA) is 104 Å². The number of halogens is 1. The Morgan fingerprint density at radius 1 is 1.07 bits per heavy atom.